The number of rotatable bonds is 0. The van der Waals surface area contributed by atoms with Crippen molar-refractivity contribution in [1.29, 1.82) is 0 Å². The van der Waals surface area contributed by atoms with Crippen molar-refractivity contribution in [2.75, 3.05) is 0 Å². The molecule has 0 amide bonds. The van der Waals surface area contributed by atoms with Crippen LogP contribution >= 0.6 is 0 Å². The zero-order valence-corrected chi connectivity index (χ0v) is 6.40. The molecule has 1 heteroatoms. The molecule has 0 aliphatic heterocycles. The minimum Gasteiger partial charge on any atom is -0.513 e. The summed E-state index contributed by atoms with van der Waals surface area (Å²) in [4.78, 5) is 0. The van der Waals surface area contributed by atoms with E-state index in [2.05, 4.69) is 18.2 Å². The Labute approximate surface area is 66.4 Å². The normalized spacial score (nSPS) is 51.5. The summed E-state index contributed by atoms with van der Waals surface area (Å²) in [5, 5.41) is 9.33. The van der Waals surface area contributed by atoms with Crippen LogP contribution in [0.25, 0.3) is 0 Å². The van der Waals surface area contributed by atoms with Crippen LogP contribution in [0.4, 0.5) is 0 Å². The Morgan fingerprint density at radius 2 is 2.09 bits per heavy atom. The van der Waals surface area contributed by atoms with Gasteiger partial charge in [-0.25, -0.2) is 0 Å². The molecule has 1 nitrogen and oxygen atoms in total. The lowest BCUT2D eigenvalue weighted by Gasteiger charge is -2.18. The summed E-state index contributed by atoms with van der Waals surface area (Å²) in [6.45, 7) is 0. The van der Waals surface area contributed by atoms with E-state index in [1.165, 1.54) is 6.42 Å². The van der Waals surface area contributed by atoms with Gasteiger partial charge in [-0.3, -0.25) is 0 Å². The van der Waals surface area contributed by atoms with Gasteiger partial charge in [-0.2, -0.15) is 0 Å². The van der Waals surface area contributed by atoms with Gasteiger partial charge in [-0.15, -0.1) is 0 Å². The van der Waals surface area contributed by atoms with Crippen LogP contribution in [0.5, 0.6) is 0 Å². The summed E-state index contributed by atoms with van der Waals surface area (Å²) in [6.07, 6.45) is 9.05. The van der Waals surface area contributed by atoms with Gasteiger partial charge in [0, 0.05) is 6.42 Å². The Hall–Kier alpha value is -0.720. The van der Waals surface area contributed by atoms with Crippen molar-refractivity contribution in [1.82, 2.24) is 0 Å². The molecule has 4 unspecified atom stereocenters. The first-order valence-electron chi connectivity index (χ1n) is 4.42. The van der Waals surface area contributed by atoms with E-state index in [4.69, 9.17) is 0 Å². The van der Waals surface area contributed by atoms with E-state index in [0.717, 1.165) is 24.2 Å². The second-order valence-corrected chi connectivity index (χ2v) is 4.05. The van der Waals surface area contributed by atoms with Gasteiger partial charge in [0.05, 0.1) is 5.76 Å². The molecule has 1 N–H and O–H groups in total. The first-order chi connectivity index (χ1) is 5.34. The highest BCUT2D eigenvalue weighted by Gasteiger charge is 2.46. The van der Waals surface area contributed by atoms with E-state index in [1.54, 1.807) is 0 Å². The Morgan fingerprint density at radius 3 is 2.91 bits per heavy atom. The predicted octanol–water partition coefficient (Wildman–Crippen LogP) is 2.27. The maximum absolute atomic E-state index is 9.33. The van der Waals surface area contributed by atoms with E-state index >= 15 is 0 Å². The van der Waals surface area contributed by atoms with Crippen molar-refractivity contribution in [3.05, 3.63) is 24.0 Å². The number of aliphatic hydroxyl groups is 1. The molecular weight excluding hydrogens is 136 g/mol. The van der Waals surface area contributed by atoms with Crippen LogP contribution in [-0.2, 0) is 0 Å². The average Bonchev–Trinajstić information content (AvgIpc) is 2.53. The first-order valence-corrected chi connectivity index (χ1v) is 4.42. The Bertz CT molecular complexity index is 252. The SMILES string of the molecule is OC1=CC2C3C=CC(C3)C2C1. The van der Waals surface area contributed by atoms with Crippen molar-refractivity contribution in [3.63, 3.8) is 0 Å². The Kier molecular flexibility index (Phi) is 0.913. The van der Waals surface area contributed by atoms with Gasteiger partial charge in [0.25, 0.3) is 0 Å². The summed E-state index contributed by atoms with van der Waals surface area (Å²) >= 11 is 0. The average molecular weight is 148 g/mol. The van der Waals surface area contributed by atoms with Crippen molar-refractivity contribution in [2.24, 2.45) is 23.7 Å². The summed E-state index contributed by atoms with van der Waals surface area (Å²) in [6, 6.07) is 0. The first kappa shape index (κ1) is 5.87. The fraction of sp³-hybridized carbons (Fsp3) is 0.600. The van der Waals surface area contributed by atoms with Crippen LogP contribution in [0.15, 0.2) is 24.0 Å². The van der Waals surface area contributed by atoms with Crippen LogP contribution in [0.3, 0.4) is 0 Å². The second-order valence-electron chi connectivity index (χ2n) is 4.05. The fourth-order valence-corrected chi connectivity index (χ4v) is 3.03. The molecule has 0 heterocycles. The van der Waals surface area contributed by atoms with Gasteiger partial charge < -0.3 is 5.11 Å². The van der Waals surface area contributed by atoms with E-state index in [1.807, 2.05) is 0 Å². The second kappa shape index (κ2) is 1.71. The molecule has 58 valence electrons. The molecule has 3 rings (SSSR count). The summed E-state index contributed by atoms with van der Waals surface area (Å²) in [7, 11) is 0. The van der Waals surface area contributed by atoms with Gasteiger partial charge >= 0.3 is 0 Å². The number of allylic oxidation sites excluding steroid dienone is 4. The molecule has 4 atom stereocenters. The molecular formula is C10H12O. The monoisotopic (exact) mass is 148 g/mol. The smallest absolute Gasteiger partial charge is 0.0889 e. The molecule has 0 aromatic carbocycles. The highest BCUT2D eigenvalue weighted by atomic mass is 16.3. The molecule has 0 aromatic rings. The van der Waals surface area contributed by atoms with Crippen molar-refractivity contribution >= 4 is 0 Å². The molecule has 1 saturated carbocycles. The third-order valence-corrected chi connectivity index (χ3v) is 3.52. The molecule has 0 spiro atoms. The topological polar surface area (TPSA) is 20.2 Å². The van der Waals surface area contributed by atoms with Crippen LogP contribution in [-0.4, -0.2) is 5.11 Å². The molecule has 0 saturated heterocycles. The largest absolute Gasteiger partial charge is 0.513 e. The van der Waals surface area contributed by atoms with Crippen LogP contribution < -0.4 is 0 Å². The lowest BCUT2D eigenvalue weighted by molar-refractivity contribution is 0.341. The third-order valence-electron chi connectivity index (χ3n) is 3.52. The Morgan fingerprint density at radius 1 is 1.27 bits per heavy atom. The van der Waals surface area contributed by atoms with E-state index in [-0.39, 0.29) is 0 Å². The van der Waals surface area contributed by atoms with Crippen molar-refractivity contribution < 1.29 is 5.11 Å². The molecule has 3 aliphatic rings. The molecule has 0 aromatic heterocycles. The fourth-order valence-electron chi connectivity index (χ4n) is 3.03. The summed E-state index contributed by atoms with van der Waals surface area (Å²) in [5.41, 5.74) is 0. The number of fused-ring (bicyclic) bond motifs is 5. The van der Waals surface area contributed by atoms with Gasteiger partial charge in [-0.05, 0) is 36.2 Å². The summed E-state index contributed by atoms with van der Waals surface area (Å²) < 4.78 is 0. The maximum Gasteiger partial charge on any atom is 0.0889 e. The highest BCUT2D eigenvalue weighted by molar-refractivity contribution is 5.23. The lowest BCUT2D eigenvalue weighted by Crippen LogP contribution is -2.12. The van der Waals surface area contributed by atoms with Crippen molar-refractivity contribution in [2.45, 2.75) is 12.8 Å². The van der Waals surface area contributed by atoms with Crippen LogP contribution in [0.2, 0.25) is 0 Å². The van der Waals surface area contributed by atoms with Crippen LogP contribution in [0.1, 0.15) is 12.8 Å². The zero-order chi connectivity index (χ0) is 7.42. The van der Waals surface area contributed by atoms with Crippen molar-refractivity contribution in [3.8, 4) is 0 Å². The van der Waals surface area contributed by atoms with E-state index in [9.17, 15) is 5.11 Å². The molecule has 2 bridgehead atoms. The van der Waals surface area contributed by atoms with Crippen LogP contribution in [0, 0.1) is 23.7 Å². The van der Waals surface area contributed by atoms with E-state index < -0.39 is 0 Å². The molecule has 3 aliphatic carbocycles. The van der Waals surface area contributed by atoms with Gasteiger partial charge in [0.15, 0.2) is 0 Å². The molecule has 11 heavy (non-hydrogen) atoms. The van der Waals surface area contributed by atoms with Gasteiger partial charge in [0.1, 0.15) is 0 Å². The molecule has 1 fully saturated rings. The van der Waals surface area contributed by atoms with Gasteiger partial charge in [-0.1, -0.05) is 12.2 Å². The number of aliphatic hydroxyl groups excluding tert-OH is 1. The van der Waals surface area contributed by atoms with E-state index in [0.29, 0.717) is 11.7 Å². The maximum atomic E-state index is 9.33. The summed E-state index contributed by atoms with van der Waals surface area (Å²) in [5.74, 6) is 3.62. The van der Waals surface area contributed by atoms with Gasteiger partial charge in [0.2, 0.25) is 0 Å². The molecule has 0 radical (unpaired) electrons. The minimum atomic E-state index is 0.637. The third kappa shape index (κ3) is 0.615. The predicted molar refractivity (Wildman–Crippen MR) is 43.0 cm³/mol. The zero-order valence-electron chi connectivity index (χ0n) is 6.40. The number of hydrogen-bond acceptors (Lipinski definition) is 1. The minimum absolute atomic E-state index is 0.637. The quantitative estimate of drug-likeness (QED) is 0.522. The lowest BCUT2D eigenvalue weighted by atomic mass is 9.86. The number of hydrogen-bond donors (Lipinski definition) is 1. The highest BCUT2D eigenvalue weighted by Crippen LogP contribution is 2.53. The Balaban J connectivity index is 1.99. The standard InChI is InChI=1S/C10H12O/c11-8-4-9-6-1-2-7(3-6)10(9)5-8/h1-2,4,6-7,9-11H,3,5H2.